The van der Waals surface area contributed by atoms with Crippen molar-refractivity contribution in [3.8, 4) is 5.75 Å². The predicted octanol–water partition coefficient (Wildman–Crippen LogP) is 4.49. The third kappa shape index (κ3) is 5.13. The third-order valence-electron chi connectivity index (χ3n) is 3.61. The highest BCUT2D eigenvalue weighted by Crippen LogP contribution is 2.16. The maximum atomic E-state index is 13.4. The normalized spacial score (nSPS) is 10.4. The van der Waals surface area contributed by atoms with Crippen LogP contribution in [-0.4, -0.2) is 10.9 Å². The molecule has 3 rings (SSSR count). The Kier molecular flexibility index (Phi) is 5.96. The van der Waals surface area contributed by atoms with Gasteiger partial charge in [-0.15, -0.1) is 0 Å². The highest BCUT2D eigenvalue weighted by Gasteiger charge is 2.08. The fourth-order valence-corrected chi connectivity index (χ4v) is 2.78. The van der Waals surface area contributed by atoms with Crippen LogP contribution in [0.4, 0.5) is 4.39 Å². The van der Waals surface area contributed by atoms with Crippen LogP contribution in [0.3, 0.4) is 0 Å². The van der Waals surface area contributed by atoms with E-state index in [0.717, 1.165) is 17.0 Å². The van der Waals surface area contributed by atoms with E-state index in [2.05, 4.69) is 26.2 Å². The molecule has 1 amide bonds. The van der Waals surface area contributed by atoms with Crippen LogP contribution in [0, 0.1) is 5.82 Å². The Bertz CT molecular complexity index is 866. The molecule has 0 aliphatic carbocycles. The first-order chi connectivity index (χ1) is 12.6. The largest absolute Gasteiger partial charge is 0.487 e. The molecular formula is C20H16BrFN2O2. The van der Waals surface area contributed by atoms with Crippen molar-refractivity contribution in [3.05, 3.63) is 94.0 Å². The van der Waals surface area contributed by atoms with Crippen molar-refractivity contribution < 1.29 is 13.9 Å². The predicted molar refractivity (Wildman–Crippen MR) is 100 cm³/mol. The van der Waals surface area contributed by atoms with E-state index < -0.39 is 5.82 Å². The minimum absolute atomic E-state index is 0.271. The Balaban J connectivity index is 1.53. The van der Waals surface area contributed by atoms with Gasteiger partial charge in [-0.3, -0.25) is 9.78 Å². The van der Waals surface area contributed by atoms with Crippen LogP contribution < -0.4 is 10.1 Å². The van der Waals surface area contributed by atoms with Crippen molar-refractivity contribution in [1.82, 2.24) is 10.3 Å². The van der Waals surface area contributed by atoms with Crippen molar-refractivity contribution in [2.45, 2.75) is 13.2 Å². The number of halogens is 2. The second-order valence-electron chi connectivity index (χ2n) is 5.59. The SMILES string of the molecule is O=C(NCc1ccc(OCc2ccccn2)cc1)c1cc(F)cc(Br)c1. The highest BCUT2D eigenvalue weighted by molar-refractivity contribution is 9.10. The molecular weight excluding hydrogens is 399 g/mol. The number of carbonyl (C=O) groups excluding carboxylic acids is 1. The maximum Gasteiger partial charge on any atom is 0.251 e. The standard InChI is InChI=1S/C20H16BrFN2O2/c21-16-9-15(10-17(22)11-16)20(25)24-12-14-4-6-19(7-5-14)26-13-18-3-1-2-8-23-18/h1-11H,12-13H2,(H,24,25). The summed E-state index contributed by atoms with van der Waals surface area (Å²) in [5.74, 6) is -0.0700. The van der Waals surface area contributed by atoms with Crippen LogP contribution in [-0.2, 0) is 13.2 Å². The number of rotatable bonds is 6. The maximum absolute atomic E-state index is 13.4. The van der Waals surface area contributed by atoms with E-state index >= 15 is 0 Å². The van der Waals surface area contributed by atoms with Crippen molar-refractivity contribution in [3.63, 3.8) is 0 Å². The number of aromatic nitrogens is 1. The number of hydrogen-bond acceptors (Lipinski definition) is 3. The minimum atomic E-state index is -0.459. The molecule has 1 N–H and O–H groups in total. The number of hydrogen-bond donors (Lipinski definition) is 1. The Morgan fingerprint density at radius 2 is 1.92 bits per heavy atom. The first-order valence-electron chi connectivity index (χ1n) is 7.96. The molecule has 132 valence electrons. The summed E-state index contributed by atoms with van der Waals surface area (Å²) in [6, 6.07) is 17.2. The zero-order valence-corrected chi connectivity index (χ0v) is 15.4. The van der Waals surface area contributed by atoms with Gasteiger partial charge in [0.1, 0.15) is 18.2 Å². The summed E-state index contributed by atoms with van der Waals surface area (Å²) in [6.45, 7) is 0.735. The van der Waals surface area contributed by atoms with Crippen LogP contribution in [0.2, 0.25) is 0 Å². The van der Waals surface area contributed by atoms with Crippen molar-refractivity contribution >= 4 is 21.8 Å². The zero-order chi connectivity index (χ0) is 18.4. The van der Waals surface area contributed by atoms with Crippen molar-refractivity contribution in [1.29, 1.82) is 0 Å². The van der Waals surface area contributed by atoms with Crippen LogP contribution in [0.1, 0.15) is 21.6 Å². The second-order valence-corrected chi connectivity index (χ2v) is 6.51. The molecule has 0 aliphatic heterocycles. The van der Waals surface area contributed by atoms with Gasteiger partial charge in [0.05, 0.1) is 5.69 Å². The average molecular weight is 415 g/mol. The topological polar surface area (TPSA) is 51.2 Å². The summed E-state index contributed by atoms with van der Waals surface area (Å²) in [5.41, 5.74) is 2.04. The van der Waals surface area contributed by atoms with Gasteiger partial charge in [-0.2, -0.15) is 0 Å². The molecule has 2 aromatic carbocycles. The molecule has 1 heterocycles. The lowest BCUT2D eigenvalue weighted by molar-refractivity contribution is 0.0950. The summed E-state index contributed by atoms with van der Waals surface area (Å²) in [4.78, 5) is 16.3. The molecule has 0 saturated heterocycles. The summed E-state index contributed by atoms with van der Waals surface area (Å²) in [7, 11) is 0. The summed E-state index contributed by atoms with van der Waals surface area (Å²) >= 11 is 3.18. The molecule has 3 aromatic rings. The summed E-state index contributed by atoms with van der Waals surface area (Å²) in [6.07, 6.45) is 1.72. The molecule has 0 aliphatic rings. The first kappa shape index (κ1) is 18.1. The molecule has 0 spiro atoms. The lowest BCUT2D eigenvalue weighted by Gasteiger charge is -2.08. The van der Waals surface area contributed by atoms with Gasteiger partial charge in [-0.05, 0) is 48.0 Å². The van der Waals surface area contributed by atoms with Gasteiger partial charge in [-0.1, -0.05) is 34.1 Å². The summed E-state index contributed by atoms with van der Waals surface area (Å²) in [5, 5.41) is 2.77. The fraction of sp³-hybridized carbons (Fsp3) is 0.100. The summed E-state index contributed by atoms with van der Waals surface area (Å²) < 4.78 is 19.6. The number of ether oxygens (including phenoxy) is 1. The Hall–Kier alpha value is -2.73. The Labute approximate surface area is 159 Å². The van der Waals surface area contributed by atoms with Crippen molar-refractivity contribution in [2.24, 2.45) is 0 Å². The van der Waals surface area contributed by atoms with Gasteiger partial charge >= 0.3 is 0 Å². The highest BCUT2D eigenvalue weighted by atomic mass is 79.9. The number of nitrogens with zero attached hydrogens (tertiary/aromatic N) is 1. The van der Waals surface area contributed by atoms with E-state index in [9.17, 15) is 9.18 Å². The van der Waals surface area contributed by atoms with Gasteiger partial charge in [0.25, 0.3) is 5.91 Å². The molecule has 0 unspecified atom stereocenters. The lowest BCUT2D eigenvalue weighted by Crippen LogP contribution is -2.22. The first-order valence-corrected chi connectivity index (χ1v) is 8.75. The average Bonchev–Trinajstić information content (AvgIpc) is 2.65. The fourth-order valence-electron chi connectivity index (χ4n) is 2.31. The monoisotopic (exact) mass is 414 g/mol. The van der Waals surface area contributed by atoms with E-state index in [1.54, 1.807) is 12.3 Å². The Morgan fingerprint density at radius 3 is 2.62 bits per heavy atom. The quantitative estimate of drug-likeness (QED) is 0.646. The molecule has 0 atom stereocenters. The van der Waals surface area contributed by atoms with Gasteiger partial charge in [0.15, 0.2) is 0 Å². The molecule has 0 saturated carbocycles. The van der Waals surface area contributed by atoms with Crippen LogP contribution in [0.15, 0.2) is 71.3 Å². The second kappa shape index (κ2) is 8.58. The molecule has 0 fully saturated rings. The molecule has 0 bridgehead atoms. The number of amides is 1. The Morgan fingerprint density at radius 1 is 1.12 bits per heavy atom. The smallest absolute Gasteiger partial charge is 0.251 e. The van der Waals surface area contributed by atoms with E-state index in [0.29, 0.717) is 17.6 Å². The molecule has 26 heavy (non-hydrogen) atoms. The third-order valence-corrected chi connectivity index (χ3v) is 4.07. The number of nitrogens with one attached hydrogen (secondary N) is 1. The molecule has 4 nitrogen and oxygen atoms in total. The van der Waals surface area contributed by atoms with E-state index in [1.165, 1.54) is 12.1 Å². The van der Waals surface area contributed by atoms with Crippen molar-refractivity contribution in [2.75, 3.05) is 0 Å². The van der Waals surface area contributed by atoms with Crippen LogP contribution >= 0.6 is 15.9 Å². The molecule has 0 radical (unpaired) electrons. The lowest BCUT2D eigenvalue weighted by atomic mass is 10.2. The minimum Gasteiger partial charge on any atom is -0.487 e. The van der Waals surface area contributed by atoms with E-state index in [-0.39, 0.29) is 11.5 Å². The van der Waals surface area contributed by atoms with Gasteiger partial charge in [-0.25, -0.2) is 4.39 Å². The van der Waals surface area contributed by atoms with Gasteiger partial charge < -0.3 is 10.1 Å². The number of carbonyl (C=O) groups is 1. The van der Waals surface area contributed by atoms with Gasteiger partial charge in [0.2, 0.25) is 0 Å². The van der Waals surface area contributed by atoms with Crippen LogP contribution in [0.5, 0.6) is 5.75 Å². The van der Waals surface area contributed by atoms with Gasteiger partial charge in [0, 0.05) is 22.8 Å². The van der Waals surface area contributed by atoms with E-state index in [4.69, 9.17) is 4.74 Å². The van der Waals surface area contributed by atoms with E-state index in [1.807, 2.05) is 42.5 Å². The van der Waals surface area contributed by atoms with Crippen LogP contribution in [0.25, 0.3) is 0 Å². The number of benzene rings is 2. The molecule has 6 heteroatoms. The number of pyridine rings is 1. The molecule has 1 aromatic heterocycles. The zero-order valence-electron chi connectivity index (χ0n) is 13.8.